The van der Waals surface area contributed by atoms with E-state index in [1.165, 1.54) is 24.3 Å². The van der Waals surface area contributed by atoms with Gasteiger partial charge in [-0.05, 0) is 23.8 Å². The number of aliphatic hydroxyl groups is 3. The highest BCUT2D eigenvalue weighted by Gasteiger charge is 2.29. The Hall–Kier alpha value is -2.22. The molecular formula is C14H18N2O5. The molecule has 1 rings (SSSR count). The highest BCUT2D eigenvalue weighted by Crippen LogP contribution is 2.06. The Bertz CT molecular complexity index is 512. The number of rotatable bonds is 7. The summed E-state index contributed by atoms with van der Waals surface area (Å²) in [6.45, 7) is -1.77. The van der Waals surface area contributed by atoms with Gasteiger partial charge in [-0.1, -0.05) is 12.1 Å². The van der Waals surface area contributed by atoms with Crippen molar-refractivity contribution in [2.24, 2.45) is 5.73 Å². The maximum Gasteiger partial charge on any atom is 0.248 e. The fourth-order valence-electron chi connectivity index (χ4n) is 1.50. The zero-order valence-corrected chi connectivity index (χ0v) is 11.3. The molecule has 0 aliphatic rings. The van der Waals surface area contributed by atoms with Gasteiger partial charge in [0, 0.05) is 11.6 Å². The number of nitrogens with two attached hydrogens (primary N) is 1. The maximum absolute atomic E-state index is 11.7. The smallest absolute Gasteiger partial charge is 0.248 e. The van der Waals surface area contributed by atoms with Gasteiger partial charge in [0.05, 0.1) is 19.8 Å². The van der Waals surface area contributed by atoms with Gasteiger partial charge < -0.3 is 26.4 Å². The topological polar surface area (TPSA) is 133 Å². The van der Waals surface area contributed by atoms with E-state index >= 15 is 0 Å². The molecule has 0 aromatic heterocycles. The molecule has 0 fully saturated rings. The highest BCUT2D eigenvalue weighted by molar-refractivity contribution is 5.94. The van der Waals surface area contributed by atoms with Crippen LogP contribution in [0.4, 0.5) is 0 Å². The van der Waals surface area contributed by atoms with E-state index in [9.17, 15) is 9.59 Å². The van der Waals surface area contributed by atoms with E-state index in [2.05, 4.69) is 5.32 Å². The van der Waals surface area contributed by atoms with Gasteiger partial charge in [0.25, 0.3) is 0 Å². The number of amides is 2. The van der Waals surface area contributed by atoms with Gasteiger partial charge in [-0.25, -0.2) is 0 Å². The summed E-state index contributed by atoms with van der Waals surface area (Å²) in [5, 5.41) is 29.6. The predicted octanol–water partition coefficient (Wildman–Crippen LogP) is -1.37. The van der Waals surface area contributed by atoms with Crippen LogP contribution in [0.2, 0.25) is 0 Å². The molecule has 0 atom stereocenters. The lowest BCUT2D eigenvalue weighted by molar-refractivity contribution is -0.120. The van der Waals surface area contributed by atoms with Crippen molar-refractivity contribution in [3.63, 3.8) is 0 Å². The molecule has 0 aliphatic carbocycles. The lowest BCUT2D eigenvalue weighted by Crippen LogP contribution is -2.56. The zero-order chi connectivity index (χ0) is 15.9. The van der Waals surface area contributed by atoms with E-state index in [1.807, 2.05) is 0 Å². The van der Waals surface area contributed by atoms with Crippen molar-refractivity contribution >= 4 is 17.9 Å². The Labute approximate surface area is 121 Å². The number of primary amides is 1. The van der Waals surface area contributed by atoms with Crippen molar-refractivity contribution in [3.05, 3.63) is 41.5 Å². The Balaban J connectivity index is 2.71. The second-order valence-electron chi connectivity index (χ2n) is 4.56. The monoisotopic (exact) mass is 294 g/mol. The van der Waals surface area contributed by atoms with E-state index in [0.717, 1.165) is 0 Å². The second-order valence-corrected chi connectivity index (χ2v) is 4.56. The molecule has 0 radical (unpaired) electrons. The Morgan fingerprint density at radius 3 is 2.05 bits per heavy atom. The molecule has 0 bridgehead atoms. The molecule has 0 saturated carbocycles. The van der Waals surface area contributed by atoms with Crippen LogP contribution in [-0.2, 0) is 4.79 Å². The molecule has 1 aromatic rings. The van der Waals surface area contributed by atoms with Gasteiger partial charge >= 0.3 is 0 Å². The van der Waals surface area contributed by atoms with Crippen molar-refractivity contribution in [3.8, 4) is 0 Å². The number of benzene rings is 1. The summed E-state index contributed by atoms with van der Waals surface area (Å²) >= 11 is 0. The highest BCUT2D eigenvalue weighted by atomic mass is 16.3. The predicted molar refractivity (Wildman–Crippen MR) is 76.1 cm³/mol. The summed E-state index contributed by atoms with van der Waals surface area (Å²) < 4.78 is 0. The van der Waals surface area contributed by atoms with Crippen molar-refractivity contribution in [2.75, 3.05) is 19.8 Å². The third kappa shape index (κ3) is 4.67. The van der Waals surface area contributed by atoms with Crippen molar-refractivity contribution in [2.45, 2.75) is 5.54 Å². The van der Waals surface area contributed by atoms with Gasteiger partial charge in [-0.2, -0.15) is 0 Å². The molecule has 7 heteroatoms. The van der Waals surface area contributed by atoms with Crippen LogP contribution >= 0.6 is 0 Å². The number of carbonyl (C=O) groups is 2. The lowest BCUT2D eigenvalue weighted by Gasteiger charge is -2.27. The van der Waals surface area contributed by atoms with Crippen molar-refractivity contribution < 1.29 is 24.9 Å². The van der Waals surface area contributed by atoms with Crippen LogP contribution in [0.25, 0.3) is 6.08 Å². The van der Waals surface area contributed by atoms with Crippen LogP contribution in [-0.4, -0.2) is 52.5 Å². The Morgan fingerprint density at radius 2 is 1.62 bits per heavy atom. The third-order valence-electron chi connectivity index (χ3n) is 2.92. The first-order valence-corrected chi connectivity index (χ1v) is 6.19. The van der Waals surface area contributed by atoms with Gasteiger partial charge in [-0.3, -0.25) is 9.59 Å². The van der Waals surface area contributed by atoms with Crippen molar-refractivity contribution in [1.82, 2.24) is 5.32 Å². The molecule has 7 nitrogen and oxygen atoms in total. The number of hydrogen-bond acceptors (Lipinski definition) is 5. The Morgan fingerprint density at radius 1 is 1.10 bits per heavy atom. The van der Waals surface area contributed by atoms with Crippen LogP contribution in [0.15, 0.2) is 30.3 Å². The average molecular weight is 294 g/mol. The number of hydrogen-bond donors (Lipinski definition) is 5. The third-order valence-corrected chi connectivity index (χ3v) is 2.92. The van der Waals surface area contributed by atoms with Crippen LogP contribution in [0.1, 0.15) is 15.9 Å². The number of carbonyl (C=O) groups excluding carboxylic acids is 2. The van der Waals surface area contributed by atoms with E-state index in [-0.39, 0.29) is 0 Å². The van der Waals surface area contributed by atoms with Crippen LogP contribution in [0.3, 0.4) is 0 Å². The van der Waals surface area contributed by atoms with E-state index in [4.69, 9.17) is 21.1 Å². The van der Waals surface area contributed by atoms with E-state index in [1.54, 1.807) is 12.1 Å². The minimum absolute atomic E-state index is 0.358. The van der Waals surface area contributed by atoms with E-state index in [0.29, 0.717) is 11.1 Å². The van der Waals surface area contributed by atoms with Crippen LogP contribution in [0.5, 0.6) is 0 Å². The molecule has 0 heterocycles. The molecule has 21 heavy (non-hydrogen) atoms. The summed E-state index contributed by atoms with van der Waals surface area (Å²) in [5.74, 6) is -1.12. The molecular weight excluding hydrogens is 276 g/mol. The number of nitrogens with one attached hydrogen (secondary N) is 1. The quantitative estimate of drug-likeness (QED) is 0.396. The standard InChI is InChI=1S/C14H18N2O5/c15-13(21)11-4-1-10(2-5-11)3-6-12(20)16-14(7-17,8-18)9-19/h1-6,17-19H,7-9H2,(H2,15,21)(H,16,20)/b6-3+. The van der Waals surface area contributed by atoms with Crippen LogP contribution in [0, 0.1) is 0 Å². The largest absolute Gasteiger partial charge is 0.394 e. The summed E-state index contributed by atoms with van der Waals surface area (Å²) in [6, 6.07) is 6.28. The first-order chi connectivity index (χ1) is 9.96. The molecule has 114 valence electrons. The second kappa shape index (κ2) is 7.53. The Kier molecular flexibility index (Phi) is 6.04. The van der Waals surface area contributed by atoms with Gasteiger partial charge in [0.1, 0.15) is 5.54 Å². The zero-order valence-electron chi connectivity index (χ0n) is 11.3. The van der Waals surface area contributed by atoms with Gasteiger partial charge in [0.15, 0.2) is 0 Å². The molecule has 2 amide bonds. The molecule has 0 aliphatic heterocycles. The van der Waals surface area contributed by atoms with E-state index < -0.39 is 37.2 Å². The average Bonchev–Trinajstić information content (AvgIpc) is 2.51. The lowest BCUT2D eigenvalue weighted by atomic mass is 10.0. The fraction of sp³-hybridized carbons (Fsp3) is 0.286. The normalized spacial score (nSPS) is 11.6. The molecule has 0 spiro atoms. The summed E-state index contributed by atoms with van der Waals surface area (Å²) in [4.78, 5) is 22.6. The minimum Gasteiger partial charge on any atom is -0.394 e. The maximum atomic E-state index is 11.7. The minimum atomic E-state index is -1.46. The SMILES string of the molecule is NC(=O)c1ccc(/C=C/C(=O)NC(CO)(CO)CO)cc1. The molecule has 6 N–H and O–H groups in total. The molecule has 1 aromatic carbocycles. The fourth-order valence-corrected chi connectivity index (χ4v) is 1.50. The summed E-state index contributed by atoms with van der Waals surface area (Å²) in [5.41, 5.74) is 4.67. The number of aliphatic hydroxyl groups excluding tert-OH is 3. The molecule has 0 saturated heterocycles. The van der Waals surface area contributed by atoms with Gasteiger partial charge in [0.2, 0.25) is 11.8 Å². The first-order valence-electron chi connectivity index (χ1n) is 6.19. The van der Waals surface area contributed by atoms with Gasteiger partial charge in [-0.15, -0.1) is 0 Å². The first kappa shape index (κ1) is 16.8. The van der Waals surface area contributed by atoms with Crippen LogP contribution < -0.4 is 11.1 Å². The van der Waals surface area contributed by atoms with Crippen molar-refractivity contribution in [1.29, 1.82) is 0 Å². The molecule has 0 unspecified atom stereocenters. The summed E-state index contributed by atoms with van der Waals surface area (Å²) in [6.07, 6.45) is 2.67. The summed E-state index contributed by atoms with van der Waals surface area (Å²) in [7, 11) is 0.